The fraction of sp³-hybridized carbons (Fsp3) is 0.100. The van der Waals surface area contributed by atoms with Crippen LogP contribution in [-0.2, 0) is 6.54 Å². The number of ketones is 1. The predicted molar refractivity (Wildman–Crippen MR) is 91.8 cm³/mol. The van der Waals surface area contributed by atoms with Crippen LogP contribution in [0.25, 0.3) is 33.5 Å². The molecule has 0 bridgehead atoms. The topological polar surface area (TPSA) is 48.0 Å². The van der Waals surface area contributed by atoms with E-state index in [2.05, 4.69) is 22.8 Å². The SMILES string of the molecule is O=C1CCn2c(-c3cccc(-c4ccoc4)c3)nc3cccc1c32. The van der Waals surface area contributed by atoms with Gasteiger partial charge >= 0.3 is 0 Å². The third-order valence-electron chi connectivity index (χ3n) is 4.60. The highest BCUT2D eigenvalue weighted by atomic mass is 16.3. The largest absolute Gasteiger partial charge is 0.472 e. The number of aryl methyl sites for hydroxylation is 1. The van der Waals surface area contributed by atoms with Gasteiger partial charge in [0.25, 0.3) is 0 Å². The van der Waals surface area contributed by atoms with Crippen molar-refractivity contribution in [2.45, 2.75) is 13.0 Å². The zero-order valence-electron chi connectivity index (χ0n) is 12.9. The molecule has 0 saturated carbocycles. The molecule has 0 fully saturated rings. The Hall–Kier alpha value is -3.14. The van der Waals surface area contributed by atoms with E-state index in [1.807, 2.05) is 30.3 Å². The standard InChI is InChI=1S/C20H14N2O2/c23-18-7-9-22-19-16(18)5-2-6-17(19)21-20(22)14-4-1-3-13(11-14)15-8-10-24-12-15/h1-6,8,10-12H,7,9H2. The highest BCUT2D eigenvalue weighted by Crippen LogP contribution is 2.32. The predicted octanol–water partition coefficient (Wildman–Crippen LogP) is 4.55. The monoisotopic (exact) mass is 314 g/mol. The summed E-state index contributed by atoms with van der Waals surface area (Å²) in [4.78, 5) is 17.0. The molecule has 5 rings (SSSR count). The van der Waals surface area contributed by atoms with Gasteiger partial charge in [0.2, 0.25) is 0 Å². The van der Waals surface area contributed by atoms with Gasteiger partial charge in [0.05, 0.1) is 23.6 Å². The normalized spacial score (nSPS) is 13.6. The Morgan fingerprint density at radius 1 is 1.00 bits per heavy atom. The number of hydrogen-bond acceptors (Lipinski definition) is 3. The number of aromatic nitrogens is 2. The van der Waals surface area contributed by atoms with Crippen molar-refractivity contribution in [2.24, 2.45) is 0 Å². The number of Topliss-reactive ketones (excluding diaryl/α,β-unsaturated/α-hetero) is 1. The van der Waals surface area contributed by atoms with Crippen LogP contribution in [-0.4, -0.2) is 15.3 Å². The van der Waals surface area contributed by atoms with Gasteiger partial charge in [-0.25, -0.2) is 4.98 Å². The summed E-state index contributed by atoms with van der Waals surface area (Å²) < 4.78 is 7.35. The quantitative estimate of drug-likeness (QED) is 0.545. The minimum Gasteiger partial charge on any atom is -0.472 e. The number of furan rings is 1. The fourth-order valence-electron chi connectivity index (χ4n) is 3.46. The molecule has 2 aromatic carbocycles. The summed E-state index contributed by atoms with van der Waals surface area (Å²) in [5.74, 6) is 1.11. The summed E-state index contributed by atoms with van der Waals surface area (Å²) in [6.07, 6.45) is 3.94. The molecule has 4 nitrogen and oxygen atoms in total. The molecule has 0 saturated heterocycles. The molecule has 3 heterocycles. The number of rotatable bonds is 2. The fourth-order valence-corrected chi connectivity index (χ4v) is 3.46. The second-order valence-corrected chi connectivity index (χ2v) is 6.03. The van der Waals surface area contributed by atoms with E-state index in [1.165, 1.54) is 0 Å². The van der Waals surface area contributed by atoms with Gasteiger partial charge in [-0.15, -0.1) is 0 Å². The van der Waals surface area contributed by atoms with Crippen LogP contribution in [0.1, 0.15) is 16.8 Å². The Kier molecular flexibility index (Phi) is 2.73. The summed E-state index contributed by atoms with van der Waals surface area (Å²) in [5, 5.41) is 0. The number of carbonyl (C=O) groups excluding carboxylic acids is 1. The molecule has 0 atom stereocenters. The van der Waals surface area contributed by atoms with Crippen LogP contribution in [0.15, 0.2) is 65.5 Å². The molecule has 0 amide bonds. The van der Waals surface area contributed by atoms with Gasteiger partial charge in [-0.3, -0.25) is 4.79 Å². The average Bonchev–Trinajstić information content (AvgIpc) is 3.27. The minimum atomic E-state index is 0.201. The van der Waals surface area contributed by atoms with Crippen LogP contribution in [0.3, 0.4) is 0 Å². The number of carbonyl (C=O) groups is 1. The van der Waals surface area contributed by atoms with Crippen LogP contribution in [0, 0.1) is 0 Å². The van der Waals surface area contributed by atoms with Gasteiger partial charge in [-0.05, 0) is 29.8 Å². The number of benzene rings is 2. The Morgan fingerprint density at radius 3 is 2.75 bits per heavy atom. The zero-order chi connectivity index (χ0) is 16.1. The molecule has 0 spiro atoms. The van der Waals surface area contributed by atoms with Crippen LogP contribution in [0.4, 0.5) is 0 Å². The molecule has 4 heteroatoms. The van der Waals surface area contributed by atoms with Crippen molar-refractivity contribution in [2.75, 3.05) is 0 Å². The maximum Gasteiger partial charge on any atom is 0.166 e. The third kappa shape index (κ3) is 1.86. The first-order chi connectivity index (χ1) is 11.8. The maximum absolute atomic E-state index is 12.2. The third-order valence-corrected chi connectivity index (χ3v) is 4.60. The molecule has 0 unspecified atom stereocenters. The minimum absolute atomic E-state index is 0.201. The number of nitrogens with zero attached hydrogens (tertiary/aromatic N) is 2. The molecule has 116 valence electrons. The molecule has 1 aliphatic heterocycles. The smallest absolute Gasteiger partial charge is 0.166 e. The van der Waals surface area contributed by atoms with Crippen LogP contribution >= 0.6 is 0 Å². The van der Waals surface area contributed by atoms with E-state index in [1.54, 1.807) is 12.5 Å². The van der Waals surface area contributed by atoms with E-state index >= 15 is 0 Å². The van der Waals surface area contributed by atoms with E-state index in [9.17, 15) is 4.79 Å². The maximum atomic E-state index is 12.2. The van der Waals surface area contributed by atoms with E-state index in [4.69, 9.17) is 9.40 Å². The Balaban J connectivity index is 1.74. The summed E-state index contributed by atoms with van der Waals surface area (Å²) in [6.45, 7) is 0.678. The number of hydrogen-bond donors (Lipinski definition) is 0. The molecule has 2 aromatic heterocycles. The van der Waals surface area contributed by atoms with Crippen molar-refractivity contribution >= 4 is 16.8 Å². The second kappa shape index (κ2) is 4.93. The molecule has 0 aliphatic carbocycles. The Labute approximate surface area is 138 Å². The van der Waals surface area contributed by atoms with Crippen LogP contribution < -0.4 is 0 Å². The lowest BCUT2D eigenvalue weighted by atomic mass is 10.0. The summed E-state index contributed by atoms with van der Waals surface area (Å²) >= 11 is 0. The summed E-state index contributed by atoms with van der Waals surface area (Å²) in [6, 6.07) is 16.0. The van der Waals surface area contributed by atoms with Gasteiger partial charge in [0.15, 0.2) is 5.78 Å². The molecule has 0 N–H and O–H groups in total. The number of imidazole rings is 1. The highest BCUT2D eigenvalue weighted by Gasteiger charge is 2.23. The van der Waals surface area contributed by atoms with Crippen molar-refractivity contribution < 1.29 is 9.21 Å². The molecule has 24 heavy (non-hydrogen) atoms. The first-order valence-corrected chi connectivity index (χ1v) is 7.97. The lowest BCUT2D eigenvalue weighted by Crippen LogP contribution is -2.14. The number of para-hydroxylation sites is 1. The van der Waals surface area contributed by atoms with Crippen molar-refractivity contribution in [3.05, 3.63) is 66.6 Å². The molecular formula is C20H14N2O2. The first kappa shape index (κ1) is 13.3. The van der Waals surface area contributed by atoms with Crippen LogP contribution in [0.5, 0.6) is 0 Å². The van der Waals surface area contributed by atoms with Crippen LogP contribution in [0.2, 0.25) is 0 Å². The molecule has 0 radical (unpaired) electrons. The van der Waals surface area contributed by atoms with Crippen molar-refractivity contribution in [3.8, 4) is 22.5 Å². The molecular weight excluding hydrogens is 300 g/mol. The van der Waals surface area contributed by atoms with Crippen molar-refractivity contribution in [1.82, 2.24) is 9.55 Å². The first-order valence-electron chi connectivity index (χ1n) is 7.97. The molecule has 4 aromatic rings. The summed E-state index contributed by atoms with van der Waals surface area (Å²) in [5.41, 5.74) is 5.80. The highest BCUT2D eigenvalue weighted by molar-refractivity contribution is 6.08. The van der Waals surface area contributed by atoms with Gasteiger partial charge in [0.1, 0.15) is 5.82 Å². The second-order valence-electron chi connectivity index (χ2n) is 6.03. The van der Waals surface area contributed by atoms with E-state index in [0.29, 0.717) is 13.0 Å². The van der Waals surface area contributed by atoms with Gasteiger partial charge < -0.3 is 8.98 Å². The van der Waals surface area contributed by atoms with Gasteiger partial charge in [0, 0.05) is 29.7 Å². The van der Waals surface area contributed by atoms with E-state index in [0.717, 1.165) is 39.1 Å². The lowest BCUT2D eigenvalue weighted by Gasteiger charge is -2.16. The van der Waals surface area contributed by atoms with E-state index < -0.39 is 0 Å². The Bertz CT molecular complexity index is 1070. The Morgan fingerprint density at radius 2 is 1.88 bits per heavy atom. The average molecular weight is 314 g/mol. The van der Waals surface area contributed by atoms with Crippen molar-refractivity contribution in [1.29, 1.82) is 0 Å². The molecule has 1 aliphatic rings. The summed E-state index contributed by atoms with van der Waals surface area (Å²) in [7, 11) is 0. The van der Waals surface area contributed by atoms with E-state index in [-0.39, 0.29) is 5.78 Å². The van der Waals surface area contributed by atoms with Gasteiger partial charge in [-0.1, -0.05) is 24.3 Å². The lowest BCUT2D eigenvalue weighted by molar-refractivity contribution is 0.0973. The zero-order valence-corrected chi connectivity index (χ0v) is 12.9. The van der Waals surface area contributed by atoms with Crippen molar-refractivity contribution in [3.63, 3.8) is 0 Å². The van der Waals surface area contributed by atoms with Gasteiger partial charge in [-0.2, -0.15) is 0 Å².